The van der Waals surface area contributed by atoms with Gasteiger partial charge in [-0.05, 0) is 30.3 Å². The fraction of sp³-hybridized carbons (Fsp3) is 0. The van der Waals surface area contributed by atoms with Crippen LogP contribution < -0.4 is 0 Å². The van der Waals surface area contributed by atoms with Crippen LogP contribution in [0.25, 0.3) is 16.7 Å². The zero-order valence-electron chi connectivity index (χ0n) is 10.3. The maximum absolute atomic E-state index is 10.9. The summed E-state index contributed by atoms with van der Waals surface area (Å²) in [4.78, 5) is 25.9. The second kappa shape index (κ2) is 4.90. The van der Waals surface area contributed by atoms with Crippen LogP contribution in [0.15, 0.2) is 42.7 Å². The highest BCUT2D eigenvalue weighted by atomic mass is 35.5. The van der Waals surface area contributed by atoms with E-state index in [1.165, 1.54) is 6.20 Å². The molecule has 0 amide bonds. The lowest BCUT2D eigenvalue weighted by molar-refractivity contribution is 0.111. The van der Waals surface area contributed by atoms with Crippen molar-refractivity contribution < 1.29 is 9.59 Å². The van der Waals surface area contributed by atoms with Gasteiger partial charge in [-0.3, -0.25) is 9.59 Å². The predicted octanol–water partition coefficient (Wildman–Crippen LogP) is 3.30. The average Bonchev–Trinajstić information content (AvgIpc) is 2.89. The summed E-state index contributed by atoms with van der Waals surface area (Å²) in [6.45, 7) is 0. The molecule has 0 aliphatic heterocycles. The van der Waals surface area contributed by atoms with Gasteiger partial charge in [-0.1, -0.05) is 11.6 Å². The zero-order chi connectivity index (χ0) is 14.1. The summed E-state index contributed by atoms with van der Waals surface area (Å²) >= 11 is 6.01. The summed E-state index contributed by atoms with van der Waals surface area (Å²) in [6, 6.07) is 8.70. The van der Waals surface area contributed by atoms with Gasteiger partial charge in [-0.15, -0.1) is 0 Å². The molecule has 2 aromatic heterocycles. The van der Waals surface area contributed by atoms with E-state index < -0.39 is 0 Å². The molecule has 0 aliphatic rings. The second-order valence-electron chi connectivity index (χ2n) is 4.35. The molecule has 0 N–H and O–H groups in total. The van der Waals surface area contributed by atoms with E-state index in [1.807, 2.05) is 16.8 Å². The second-order valence-corrected chi connectivity index (χ2v) is 4.78. The summed E-state index contributed by atoms with van der Waals surface area (Å²) < 4.78 is 1.82. The van der Waals surface area contributed by atoms with Crippen LogP contribution in [-0.2, 0) is 0 Å². The zero-order valence-corrected chi connectivity index (χ0v) is 11.0. The maximum atomic E-state index is 10.9. The number of fused-ring (bicyclic) bond motifs is 1. The van der Waals surface area contributed by atoms with Gasteiger partial charge < -0.3 is 4.57 Å². The van der Waals surface area contributed by atoms with Crippen LogP contribution in [0.3, 0.4) is 0 Å². The molecule has 0 saturated heterocycles. The molecule has 2 heterocycles. The SMILES string of the molecule is O=Cc1cc(Cl)cc(-n2ccc3cc(C=O)cnc32)c1. The topological polar surface area (TPSA) is 52.0 Å². The molecule has 3 aromatic rings. The lowest BCUT2D eigenvalue weighted by Gasteiger charge is -2.06. The third-order valence-electron chi connectivity index (χ3n) is 3.00. The molecule has 98 valence electrons. The normalized spacial score (nSPS) is 10.7. The van der Waals surface area contributed by atoms with Gasteiger partial charge in [0, 0.05) is 39.6 Å². The van der Waals surface area contributed by atoms with Gasteiger partial charge in [0.25, 0.3) is 0 Å². The maximum Gasteiger partial charge on any atom is 0.151 e. The van der Waals surface area contributed by atoms with E-state index >= 15 is 0 Å². The summed E-state index contributed by atoms with van der Waals surface area (Å²) in [5.41, 5.74) is 2.48. The Kier molecular flexibility index (Phi) is 3.08. The first-order valence-corrected chi connectivity index (χ1v) is 6.27. The van der Waals surface area contributed by atoms with E-state index in [4.69, 9.17) is 11.6 Å². The Morgan fingerprint density at radius 1 is 1.05 bits per heavy atom. The van der Waals surface area contributed by atoms with Crippen LogP contribution in [0.5, 0.6) is 0 Å². The highest BCUT2D eigenvalue weighted by Crippen LogP contribution is 2.22. The van der Waals surface area contributed by atoms with Crippen molar-refractivity contribution in [2.45, 2.75) is 0 Å². The smallest absolute Gasteiger partial charge is 0.151 e. The van der Waals surface area contributed by atoms with Crippen molar-refractivity contribution in [1.82, 2.24) is 9.55 Å². The van der Waals surface area contributed by atoms with Crippen molar-refractivity contribution in [3.8, 4) is 5.69 Å². The summed E-state index contributed by atoms with van der Waals surface area (Å²) in [5, 5.41) is 1.33. The summed E-state index contributed by atoms with van der Waals surface area (Å²) in [6.07, 6.45) is 4.84. The number of nitrogens with zero attached hydrogens (tertiary/aromatic N) is 2. The van der Waals surface area contributed by atoms with E-state index in [-0.39, 0.29) is 0 Å². The number of halogens is 1. The number of hydrogen-bond acceptors (Lipinski definition) is 3. The Balaban J connectivity index is 2.22. The van der Waals surface area contributed by atoms with Gasteiger partial charge in [0.05, 0.1) is 0 Å². The van der Waals surface area contributed by atoms with Crippen LogP contribution in [0.2, 0.25) is 5.02 Å². The third kappa shape index (κ3) is 2.10. The standard InChI is InChI=1S/C15H9ClN2O2/c16-13-4-10(8-19)5-14(6-13)18-2-1-12-3-11(9-20)7-17-15(12)18/h1-9H. The number of aromatic nitrogens is 2. The average molecular weight is 285 g/mol. The van der Waals surface area contributed by atoms with Gasteiger partial charge in [0.1, 0.15) is 11.9 Å². The van der Waals surface area contributed by atoms with Crippen molar-refractivity contribution in [2.75, 3.05) is 0 Å². The van der Waals surface area contributed by atoms with Crippen LogP contribution in [0.4, 0.5) is 0 Å². The molecule has 4 nitrogen and oxygen atoms in total. The number of carbonyl (C=O) groups is 2. The number of pyridine rings is 1. The van der Waals surface area contributed by atoms with Gasteiger partial charge in [0.15, 0.2) is 6.29 Å². The highest BCUT2D eigenvalue weighted by molar-refractivity contribution is 6.31. The van der Waals surface area contributed by atoms with Gasteiger partial charge in [-0.25, -0.2) is 4.98 Å². The molecule has 0 fully saturated rings. The first-order valence-electron chi connectivity index (χ1n) is 5.90. The first-order chi connectivity index (χ1) is 9.71. The van der Waals surface area contributed by atoms with Crippen molar-refractivity contribution >= 4 is 35.2 Å². The van der Waals surface area contributed by atoms with Crippen LogP contribution in [0, 0.1) is 0 Å². The molecule has 0 spiro atoms. The lowest BCUT2D eigenvalue weighted by atomic mass is 10.2. The highest BCUT2D eigenvalue weighted by Gasteiger charge is 2.07. The van der Waals surface area contributed by atoms with Gasteiger partial charge >= 0.3 is 0 Å². The Morgan fingerprint density at radius 2 is 1.85 bits per heavy atom. The van der Waals surface area contributed by atoms with Crippen molar-refractivity contribution in [3.63, 3.8) is 0 Å². The van der Waals surface area contributed by atoms with Crippen molar-refractivity contribution in [2.24, 2.45) is 0 Å². The molecule has 5 heteroatoms. The number of benzene rings is 1. The Labute approximate surface area is 119 Å². The molecule has 0 saturated carbocycles. The molecule has 0 aliphatic carbocycles. The van der Waals surface area contributed by atoms with E-state index in [9.17, 15) is 9.59 Å². The summed E-state index contributed by atoms with van der Waals surface area (Å²) in [5.74, 6) is 0. The fourth-order valence-corrected chi connectivity index (χ4v) is 2.35. The fourth-order valence-electron chi connectivity index (χ4n) is 2.12. The number of hydrogen-bond donors (Lipinski definition) is 0. The van der Waals surface area contributed by atoms with Crippen LogP contribution >= 0.6 is 11.6 Å². The summed E-state index contributed by atoms with van der Waals surface area (Å²) in [7, 11) is 0. The predicted molar refractivity (Wildman–Crippen MR) is 76.9 cm³/mol. The minimum absolute atomic E-state index is 0.482. The molecule has 0 atom stereocenters. The third-order valence-corrected chi connectivity index (χ3v) is 3.22. The molecular weight excluding hydrogens is 276 g/mol. The Hall–Kier alpha value is -2.46. The van der Waals surface area contributed by atoms with Gasteiger partial charge in [-0.2, -0.15) is 0 Å². The van der Waals surface area contributed by atoms with Crippen LogP contribution in [-0.4, -0.2) is 22.1 Å². The van der Waals surface area contributed by atoms with Crippen molar-refractivity contribution in [1.29, 1.82) is 0 Å². The van der Waals surface area contributed by atoms with Crippen molar-refractivity contribution in [3.05, 3.63) is 58.9 Å². The van der Waals surface area contributed by atoms with E-state index in [0.29, 0.717) is 21.8 Å². The van der Waals surface area contributed by atoms with E-state index in [0.717, 1.165) is 23.6 Å². The largest absolute Gasteiger partial charge is 0.301 e. The minimum Gasteiger partial charge on any atom is -0.301 e. The number of aldehydes is 2. The Morgan fingerprint density at radius 3 is 2.60 bits per heavy atom. The molecule has 0 radical (unpaired) electrons. The molecule has 0 bridgehead atoms. The lowest BCUT2D eigenvalue weighted by Crippen LogP contribution is -1.96. The minimum atomic E-state index is 0.482. The van der Waals surface area contributed by atoms with Gasteiger partial charge in [0.2, 0.25) is 0 Å². The number of carbonyl (C=O) groups excluding carboxylic acids is 2. The first kappa shape index (κ1) is 12.6. The molecule has 20 heavy (non-hydrogen) atoms. The monoisotopic (exact) mass is 284 g/mol. The molecule has 3 rings (SSSR count). The van der Waals surface area contributed by atoms with E-state index in [1.54, 1.807) is 24.3 Å². The van der Waals surface area contributed by atoms with Crippen LogP contribution in [0.1, 0.15) is 20.7 Å². The quantitative estimate of drug-likeness (QED) is 0.693. The number of rotatable bonds is 3. The van der Waals surface area contributed by atoms with E-state index in [2.05, 4.69) is 4.98 Å². The molecular formula is C15H9ClN2O2. The molecule has 1 aromatic carbocycles. The molecule has 0 unspecified atom stereocenters. The Bertz CT molecular complexity index is 824.